The van der Waals surface area contributed by atoms with Gasteiger partial charge in [0.15, 0.2) is 0 Å². The number of nitrogens with zero attached hydrogens (tertiary/aromatic N) is 2. The van der Waals surface area contributed by atoms with Crippen molar-refractivity contribution in [1.82, 2.24) is 0 Å². The van der Waals surface area contributed by atoms with Crippen LogP contribution in [0.15, 0.2) is 72.8 Å². The van der Waals surface area contributed by atoms with Gasteiger partial charge >= 0.3 is 6.18 Å². The molecule has 1 saturated heterocycles. The summed E-state index contributed by atoms with van der Waals surface area (Å²) in [6, 6.07) is 17.1. The first-order valence-electron chi connectivity index (χ1n) is 10.0. The fourth-order valence-corrected chi connectivity index (χ4v) is 5.67. The standard InChI is InChI=1S/C24H16F4N2O2S/c25-17-10-8-15(9-11-17)13-29-20-7-2-1-6-19(20)23(22(29)32)30(21(31)14-33-23)18-5-3-4-16(12-18)24(26,27)28/h1-12H,13-14H2. The molecule has 0 aliphatic carbocycles. The minimum absolute atomic E-state index is 0.00612. The van der Waals surface area contributed by atoms with Crippen molar-refractivity contribution in [2.75, 3.05) is 15.6 Å². The average Bonchev–Trinajstić information content (AvgIpc) is 3.26. The van der Waals surface area contributed by atoms with Gasteiger partial charge in [-0.25, -0.2) is 4.39 Å². The zero-order valence-electron chi connectivity index (χ0n) is 17.0. The number of benzene rings is 3. The molecule has 2 amide bonds. The fourth-order valence-electron chi connectivity index (χ4n) is 4.31. The number of thioether (sulfide) groups is 1. The molecule has 4 nitrogen and oxygen atoms in total. The van der Waals surface area contributed by atoms with Gasteiger partial charge in [0.25, 0.3) is 5.91 Å². The number of carbonyl (C=O) groups excluding carboxylic acids is 2. The Labute approximate surface area is 190 Å². The molecule has 3 aromatic rings. The van der Waals surface area contributed by atoms with E-state index in [1.165, 1.54) is 34.1 Å². The van der Waals surface area contributed by atoms with Crippen molar-refractivity contribution in [2.45, 2.75) is 17.6 Å². The van der Waals surface area contributed by atoms with Crippen LogP contribution in [0.3, 0.4) is 0 Å². The predicted octanol–water partition coefficient (Wildman–Crippen LogP) is 5.32. The predicted molar refractivity (Wildman–Crippen MR) is 117 cm³/mol. The molecule has 1 atom stereocenters. The molecule has 9 heteroatoms. The maximum Gasteiger partial charge on any atom is 0.416 e. The van der Waals surface area contributed by atoms with Gasteiger partial charge in [-0.1, -0.05) is 36.4 Å². The number of alkyl halides is 3. The molecule has 1 unspecified atom stereocenters. The van der Waals surface area contributed by atoms with Crippen molar-refractivity contribution in [2.24, 2.45) is 0 Å². The quantitative estimate of drug-likeness (QED) is 0.485. The molecule has 3 aromatic carbocycles. The van der Waals surface area contributed by atoms with Crippen LogP contribution in [0.2, 0.25) is 0 Å². The lowest BCUT2D eigenvalue weighted by molar-refractivity contribution is -0.137. The van der Waals surface area contributed by atoms with Crippen LogP contribution in [0.25, 0.3) is 0 Å². The fraction of sp³-hybridized carbons (Fsp3) is 0.167. The van der Waals surface area contributed by atoms with Crippen LogP contribution < -0.4 is 9.80 Å². The first-order valence-corrected chi connectivity index (χ1v) is 11.0. The van der Waals surface area contributed by atoms with Gasteiger partial charge in [-0.2, -0.15) is 13.2 Å². The van der Waals surface area contributed by atoms with Crippen LogP contribution in [0.1, 0.15) is 16.7 Å². The summed E-state index contributed by atoms with van der Waals surface area (Å²) < 4.78 is 53.4. The van der Waals surface area contributed by atoms with Crippen LogP contribution in [-0.2, 0) is 27.2 Å². The Morgan fingerprint density at radius 2 is 1.67 bits per heavy atom. The van der Waals surface area contributed by atoms with E-state index in [1.54, 1.807) is 36.4 Å². The highest BCUT2D eigenvalue weighted by molar-refractivity contribution is 8.02. The summed E-state index contributed by atoms with van der Waals surface area (Å²) in [7, 11) is 0. The van der Waals surface area contributed by atoms with Crippen molar-refractivity contribution >= 4 is 35.0 Å². The Balaban J connectivity index is 1.63. The maximum atomic E-state index is 13.9. The smallest absolute Gasteiger partial charge is 0.304 e. The van der Waals surface area contributed by atoms with Gasteiger partial charge in [0.1, 0.15) is 5.82 Å². The summed E-state index contributed by atoms with van der Waals surface area (Å²) in [6.07, 6.45) is -4.59. The zero-order valence-corrected chi connectivity index (χ0v) is 17.8. The van der Waals surface area contributed by atoms with Gasteiger partial charge < -0.3 is 4.90 Å². The molecule has 0 saturated carbocycles. The summed E-state index contributed by atoms with van der Waals surface area (Å²) >= 11 is 1.09. The maximum absolute atomic E-state index is 13.9. The first kappa shape index (κ1) is 21.5. The first-order chi connectivity index (χ1) is 15.7. The van der Waals surface area contributed by atoms with Crippen molar-refractivity contribution in [3.8, 4) is 0 Å². The van der Waals surface area contributed by atoms with Crippen LogP contribution in [0, 0.1) is 5.82 Å². The lowest BCUT2D eigenvalue weighted by atomic mass is 10.0. The lowest BCUT2D eigenvalue weighted by Gasteiger charge is -2.33. The number of halogens is 4. The van der Waals surface area contributed by atoms with Crippen LogP contribution in [0.4, 0.5) is 28.9 Å². The van der Waals surface area contributed by atoms with E-state index in [0.717, 1.165) is 23.9 Å². The molecule has 2 aliphatic heterocycles. The van der Waals surface area contributed by atoms with Crippen LogP contribution in [-0.4, -0.2) is 17.6 Å². The Kier molecular flexibility index (Phi) is 4.97. The van der Waals surface area contributed by atoms with Crippen LogP contribution >= 0.6 is 11.8 Å². The van der Waals surface area contributed by atoms with Crippen LogP contribution in [0.5, 0.6) is 0 Å². The summed E-state index contributed by atoms with van der Waals surface area (Å²) in [5.41, 5.74) is 0.876. The molecule has 1 spiro atoms. The third kappa shape index (κ3) is 3.38. The monoisotopic (exact) mass is 472 g/mol. The summed E-state index contributed by atoms with van der Waals surface area (Å²) in [5, 5.41) is 0. The number of rotatable bonds is 3. The van der Waals surface area contributed by atoms with E-state index >= 15 is 0 Å². The van der Waals surface area contributed by atoms with Gasteiger partial charge in [0, 0.05) is 11.3 Å². The summed E-state index contributed by atoms with van der Waals surface area (Å²) in [6.45, 7) is 0.128. The molecule has 33 heavy (non-hydrogen) atoms. The highest BCUT2D eigenvalue weighted by Crippen LogP contribution is 2.56. The van der Waals surface area contributed by atoms with Gasteiger partial charge in [-0.3, -0.25) is 14.5 Å². The topological polar surface area (TPSA) is 40.6 Å². The second-order valence-electron chi connectivity index (χ2n) is 7.74. The Morgan fingerprint density at radius 3 is 2.39 bits per heavy atom. The van der Waals surface area contributed by atoms with Crippen molar-refractivity contribution in [3.63, 3.8) is 0 Å². The van der Waals surface area contributed by atoms with Gasteiger partial charge in [-0.05, 0) is 42.0 Å². The molecule has 2 aliphatic rings. The largest absolute Gasteiger partial charge is 0.416 e. The molecular formula is C24H16F4N2O2S. The van der Waals surface area contributed by atoms with E-state index in [9.17, 15) is 27.2 Å². The van der Waals surface area contributed by atoms with Crippen molar-refractivity contribution in [1.29, 1.82) is 0 Å². The van der Waals surface area contributed by atoms with E-state index in [0.29, 0.717) is 16.8 Å². The number of anilines is 2. The average molecular weight is 472 g/mol. The van der Waals surface area contributed by atoms with Crippen molar-refractivity contribution in [3.05, 3.63) is 95.3 Å². The third-order valence-corrected chi connectivity index (χ3v) is 7.14. The summed E-state index contributed by atoms with van der Waals surface area (Å²) in [5.74, 6) is -1.34. The Morgan fingerprint density at radius 1 is 0.939 bits per heavy atom. The highest BCUT2D eigenvalue weighted by Gasteiger charge is 2.61. The van der Waals surface area contributed by atoms with E-state index in [1.807, 2.05) is 0 Å². The van der Waals surface area contributed by atoms with E-state index < -0.39 is 34.2 Å². The number of fused-ring (bicyclic) bond motifs is 2. The molecule has 0 bridgehead atoms. The SMILES string of the molecule is O=C1CSC2(C(=O)N(Cc3ccc(F)cc3)c3ccccc32)N1c1cccc(C(F)(F)F)c1. The van der Waals surface area contributed by atoms with E-state index in [2.05, 4.69) is 0 Å². The minimum Gasteiger partial charge on any atom is -0.304 e. The number of hydrogen-bond donors (Lipinski definition) is 0. The molecule has 0 radical (unpaired) electrons. The number of carbonyl (C=O) groups is 2. The third-order valence-electron chi connectivity index (χ3n) is 5.75. The second-order valence-corrected chi connectivity index (χ2v) is 8.91. The molecular weight excluding hydrogens is 456 g/mol. The molecule has 5 rings (SSSR count). The normalized spacial score (nSPS) is 20.1. The molecule has 0 aromatic heterocycles. The lowest BCUT2D eigenvalue weighted by Crippen LogP contribution is -2.49. The van der Waals surface area contributed by atoms with E-state index in [-0.39, 0.29) is 18.0 Å². The summed E-state index contributed by atoms with van der Waals surface area (Å²) in [4.78, 5) is 28.0. The van der Waals surface area contributed by atoms with Gasteiger partial charge in [0.2, 0.25) is 10.8 Å². The van der Waals surface area contributed by atoms with Crippen molar-refractivity contribution < 1.29 is 27.2 Å². The Bertz CT molecular complexity index is 1260. The molecule has 1 fully saturated rings. The number of para-hydroxylation sites is 1. The molecule has 168 valence electrons. The molecule has 0 N–H and O–H groups in total. The van der Waals surface area contributed by atoms with E-state index in [4.69, 9.17) is 0 Å². The molecule has 2 heterocycles. The Hall–Kier alpha value is -3.33. The highest BCUT2D eigenvalue weighted by atomic mass is 32.2. The van der Waals surface area contributed by atoms with Gasteiger partial charge in [0.05, 0.1) is 23.5 Å². The minimum atomic E-state index is -4.59. The number of hydrogen-bond acceptors (Lipinski definition) is 3. The zero-order chi connectivity index (χ0) is 23.4. The number of amides is 2. The second kappa shape index (κ2) is 7.62. The van der Waals surface area contributed by atoms with Gasteiger partial charge in [-0.15, -0.1) is 11.8 Å².